The minimum Gasteiger partial charge on any atom is -0.493 e. The van der Waals surface area contributed by atoms with Gasteiger partial charge in [0.25, 0.3) is 0 Å². The lowest BCUT2D eigenvalue weighted by molar-refractivity contribution is 0.0705. The smallest absolute Gasteiger partial charge is 0.161 e. The molecule has 0 fully saturated rings. The van der Waals surface area contributed by atoms with Crippen molar-refractivity contribution in [3.63, 3.8) is 0 Å². The molecule has 0 saturated heterocycles. The van der Waals surface area contributed by atoms with Crippen LogP contribution in [0.2, 0.25) is 0 Å². The van der Waals surface area contributed by atoms with Crippen LogP contribution < -0.4 is 14.8 Å². The molecular formula is C22H35N3O4. The van der Waals surface area contributed by atoms with Crippen molar-refractivity contribution in [2.75, 3.05) is 33.4 Å². The highest BCUT2D eigenvalue weighted by atomic mass is 16.5. The number of nitrogens with one attached hydrogen (secondary N) is 1. The normalized spacial score (nSPS) is 12.6. The first-order chi connectivity index (χ1) is 14.0. The van der Waals surface area contributed by atoms with Crippen molar-refractivity contribution in [3.05, 3.63) is 41.3 Å². The molecule has 1 atom stereocenters. The van der Waals surface area contributed by atoms with Gasteiger partial charge in [0.15, 0.2) is 17.3 Å². The number of aliphatic hydroxyl groups excluding tert-OH is 1. The quantitative estimate of drug-likeness (QED) is 0.530. The molecule has 0 spiro atoms. The first kappa shape index (κ1) is 23.2. The highest BCUT2D eigenvalue weighted by Crippen LogP contribution is 2.28. The van der Waals surface area contributed by atoms with Gasteiger partial charge in [-0.15, -0.1) is 0 Å². The molecule has 0 unspecified atom stereocenters. The summed E-state index contributed by atoms with van der Waals surface area (Å²) >= 11 is 0. The van der Waals surface area contributed by atoms with Gasteiger partial charge in [0.05, 0.1) is 19.3 Å². The molecule has 2 rings (SSSR count). The Balaban J connectivity index is 1.85. The number of hydrogen-bond acceptors (Lipinski definition) is 7. The molecule has 1 heterocycles. The topological polar surface area (TPSA) is 80.0 Å². The summed E-state index contributed by atoms with van der Waals surface area (Å²) in [4.78, 5) is 2.17. The fraction of sp³-hybridized carbons (Fsp3) is 0.591. The predicted octanol–water partition coefficient (Wildman–Crippen LogP) is 3.18. The van der Waals surface area contributed by atoms with E-state index in [1.165, 1.54) is 0 Å². The van der Waals surface area contributed by atoms with Crippen LogP contribution in [0, 0.1) is 0 Å². The van der Waals surface area contributed by atoms with Crippen LogP contribution >= 0.6 is 0 Å². The van der Waals surface area contributed by atoms with Gasteiger partial charge in [0.2, 0.25) is 0 Å². The molecule has 0 radical (unpaired) electrons. The highest BCUT2D eigenvalue weighted by molar-refractivity contribution is 5.43. The molecule has 162 valence electrons. The van der Waals surface area contributed by atoms with Crippen LogP contribution in [-0.2, 0) is 13.1 Å². The Kier molecular flexibility index (Phi) is 9.44. The lowest BCUT2D eigenvalue weighted by atomic mass is 10.1. The van der Waals surface area contributed by atoms with Crippen LogP contribution in [0.3, 0.4) is 0 Å². The lowest BCUT2D eigenvalue weighted by Crippen LogP contribution is -2.35. The molecule has 0 aliphatic carbocycles. The lowest BCUT2D eigenvalue weighted by Gasteiger charge is -2.22. The minimum absolute atomic E-state index is 0.230. The van der Waals surface area contributed by atoms with Crippen LogP contribution in [-0.4, -0.2) is 54.6 Å². The third-order valence-corrected chi connectivity index (χ3v) is 4.82. The van der Waals surface area contributed by atoms with Crippen LogP contribution in [0.15, 0.2) is 28.8 Å². The molecule has 0 saturated carbocycles. The summed E-state index contributed by atoms with van der Waals surface area (Å²) in [5, 5.41) is 17.6. The van der Waals surface area contributed by atoms with E-state index in [1.807, 2.05) is 24.3 Å². The van der Waals surface area contributed by atoms with E-state index in [1.54, 1.807) is 7.11 Å². The second-order valence-corrected chi connectivity index (χ2v) is 7.41. The van der Waals surface area contributed by atoms with E-state index in [-0.39, 0.29) is 6.61 Å². The number of nitrogens with zero attached hydrogens (tertiary/aromatic N) is 2. The number of aromatic nitrogens is 1. The van der Waals surface area contributed by atoms with Crippen LogP contribution in [0.1, 0.15) is 50.6 Å². The van der Waals surface area contributed by atoms with Crippen LogP contribution in [0.25, 0.3) is 0 Å². The largest absolute Gasteiger partial charge is 0.493 e. The molecule has 7 heteroatoms. The van der Waals surface area contributed by atoms with E-state index < -0.39 is 6.10 Å². The molecule has 2 aromatic rings. The number of rotatable bonds is 13. The molecule has 0 aliphatic rings. The predicted molar refractivity (Wildman–Crippen MR) is 113 cm³/mol. The third-order valence-electron chi connectivity index (χ3n) is 4.82. The average molecular weight is 406 g/mol. The summed E-state index contributed by atoms with van der Waals surface area (Å²) in [5.74, 6) is 2.46. The van der Waals surface area contributed by atoms with Gasteiger partial charge in [-0.05, 0) is 36.7 Å². The number of hydrogen-bond donors (Lipinski definition) is 2. The van der Waals surface area contributed by atoms with Gasteiger partial charge in [0, 0.05) is 19.2 Å². The van der Waals surface area contributed by atoms with Crippen molar-refractivity contribution < 1.29 is 19.1 Å². The molecular weight excluding hydrogens is 370 g/mol. The van der Waals surface area contributed by atoms with Crippen molar-refractivity contribution in [1.29, 1.82) is 0 Å². The van der Waals surface area contributed by atoms with Gasteiger partial charge in [-0.3, -0.25) is 0 Å². The number of aliphatic hydroxyl groups is 1. The Morgan fingerprint density at radius 1 is 1.14 bits per heavy atom. The Hall–Kier alpha value is -2.09. The zero-order valence-electron chi connectivity index (χ0n) is 18.3. The van der Waals surface area contributed by atoms with Crippen molar-refractivity contribution in [3.8, 4) is 11.5 Å². The van der Waals surface area contributed by atoms with Gasteiger partial charge >= 0.3 is 0 Å². The highest BCUT2D eigenvalue weighted by Gasteiger charge is 2.13. The second kappa shape index (κ2) is 11.8. The summed E-state index contributed by atoms with van der Waals surface area (Å²) in [5.41, 5.74) is 2.04. The summed E-state index contributed by atoms with van der Waals surface area (Å²) in [6.45, 7) is 12.3. The van der Waals surface area contributed by atoms with Gasteiger partial charge in [-0.1, -0.05) is 38.9 Å². The molecule has 0 amide bonds. The zero-order valence-corrected chi connectivity index (χ0v) is 18.3. The molecule has 7 nitrogen and oxygen atoms in total. The van der Waals surface area contributed by atoms with Crippen LogP contribution in [0.5, 0.6) is 11.5 Å². The van der Waals surface area contributed by atoms with E-state index in [0.29, 0.717) is 37.1 Å². The number of likely N-dealkylation sites (N-methyl/N-ethyl adjacent to an activating group) is 1. The summed E-state index contributed by atoms with van der Waals surface area (Å²) in [6, 6.07) is 7.80. The zero-order chi connectivity index (χ0) is 21.2. The van der Waals surface area contributed by atoms with Gasteiger partial charge in [-0.2, -0.15) is 0 Å². The summed E-state index contributed by atoms with van der Waals surface area (Å²) in [7, 11) is 1.62. The van der Waals surface area contributed by atoms with Crippen LogP contribution in [0.4, 0.5) is 0 Å². The molecule has 0 bridgehead atoms. The summed E-state index contributed by atoms with van der Waals surface area (Å²) < 4.78 is 16.6. The van der Waals surface area contributed by atoms with E-state index >= 15 is 0 Å². The molecule has 2 N–H and O–H groups in total. The maximum atomic E-state index is 10.2. The van der Waals surface area contributed by atoms with Gasteiger partial charge < -0.3 is 29.3 Å². The van der Waals surface area contributed by atoms with E-state index in [9.17, 15) is 5.11 Å². The fourth-order valence-electron chi connectivity index (χ4n) is 2.97. The SMILES string of the molecule is CCN(CC)C[C@@H](O)COc1ccc(CNCc2cc(C(C)C)no2)cc1OC. The number of methoxy groups -OCH3 is 1. The minimum atomic E-state index is -0.543. The van der Waals surface area contributed by atoms with Crippen molar-refractivity contribution >= 4 is 0 Å². The third kappa shape index (κ3) is 7.34. The Morgan fingerprint density at radius 3 is 2.52 bits per heavy atom. The Labute approximate surface area is 174 Å². The average Bonchev–Trinajstić information content (AvgIpc) is 3.20. The fourth-order valence-corrected chi connectivity index (χ4v) is 2.97. The molecule has 0 aliphatic heterocycles. The van der Waals surface area contributed by atoms with Crippen molar-refractivity contribution in [1.82, 2.24) is 15.4 Å². The van der Waals surface area contributed by atoms with Crippen molar-refractivity contribution in [2.45, 2.75) is 52.8 Å². The molecule has 1 aromatic heterocycles. The van der Waals surface area contributed by atoms with E-state index in [4.69, 9.17) is 14.0 Å². The van der Waals surface area contributed by atoms with Gasteiger partial charge in [-0.25, -0.2) is 0 Å². The maximum Gasteiger partial charge on any atom is 0.161 e. The molecule has 29 heavy (non-hydrogen) atoms. The number of benzene rings is 1. The first-order valence-corrected chi connectivity index (χ1v) is 10.3. The maximum absolute atomic E-state index is 10.2. The Bertz CT molecular complexity index is 729. The monoisotopic (exact) mass is 405 g/mol. The second-order valence-electron chi connectivity index (χ2n) is 7.41. The molecule has 1 aromatic carbocycles. The Morgan fingerprint density at radius 2 is 1.90 bits per heavy atom. The van der Waals surface area contributed by atoms with E-state index in [2.05, 4.69) is 43.1 Å². The van der Waals surface area contributed by atoms with Crippen molar-refractivity contribution in [2.24, 2.45) is 0 Å². The first-order valence-electron chi connectivity index (χ1n) is 10.3. The van der Waals surface area contributed by atoms with Gasteiger partial charge in [0.1, 0.15) is 12.7 Å². The van der Waals surface area contributed by atoms with E-state index in [0.717, 1.165) is 30.1 Å². The summed E-state index contributed by atoms with van der Waals surface area (Å²) in [6.07, 6.45) is -0.543. The number of ether oxygens (including phenoxy) is 2. The standard InChI is InChI=1S/C22H35N3O4/c1-6-25(7-2)14-18(26)15-28-21-9-8-17(10-22(21)27-5)12-23-13-19-11-20(16(3)4)24-29-19/h8-11,16,18,23,26H,6-7,12-15H2,1-5H3/t18-/m1/s1.